The molecule has 1 aromatic heterocycles. The molecule has 0 bridgehead atoms. The summed E-state index contributed by atoms with van der Waals surface area (Å²) in [7, 11) is 1.48. The van der Waals surface area contributed by atoms with E-state index in [1.165, 1.54) is 19.4 Å². The Kier molecular flexibility index (Phi) is 8.08. The van der Waals surface area contributed by atoms with E-state index >= 15 is 0 Å². The number of hydrogen-bond acceptors (Lipinski definition) is 4. The summed E-state index contributed by atoms with van der Waals surface area (Å²) in [6, 6.07) is 1.51. The van der Waals surface area contributed by atoms with Crippen molar-refractivity contribution in [1.82, 2.24) is 4.98 Å². The van der Waals surface area contributed by atoms with Crippen molar-refractivity contribution in [2.45, 2.75) is 31.9 Å². The lowest BCUT2D eigenvalue weighted by Gasteiger charge is -2.28. The molecule has 1 saturated carbocycles. The number of alkyl halides is 3. The molecule has 0 saturated heterocycles. The number of nitrogens with two attached hydrogens (primary N) is 1. The highest BCUT2D eigenvalue weighted by Gasteiger charge is 2.40. The second kappa shape index (κ2) is 9.79. The Bertz CT molecular complexity index is 639. The van der Waals surface area contributed by atoms with Crippen LogP contribution < -0.4 is 10.5 Å². The molecule has 1 aromatic rings. The van der Waals surface area contributed by atoms with Gasteiger partial charge in [-0.05, 0) is 37.7 Å². The molecule has 26 heavy (non-hydrogen) atoms. The third kappa shape index (κ3) is 6.38. The van der Waals surface area contributed by atoms with Gasteiger partial charge in [-0.15, -0.1) is 0 Å². The number of nitrogens with zero attached hydrogens (tertiary/aromatic N) is 1. The van der Waals surface area contributed by atoms with Gasteiger partial charge in [0.15, 0.2) is 0 Å². The van der Waals surface area contributed by atoms with Gasteiger partial charge in [0.25, 0.3) is 12.4 Å². The molecule has 9 heteroatoms. The summed E-state index contributed by atoms with van der Waals surface area (Å²) in [6.07, 6.45) is 2.23. The highest BCUT2D eigenvalue weighted by atomic mass is 19.4. The number of hydrogen-bond donors (Lipinski definition) is 2. The van der Waals surface area contributed by atoms with Gasteiger partial charge in [-0.2, -0.15) is 13.2 Å². The number of ether oxygens (including phenoxy) is 1. The zero-order valence-electron chi connectivity index (χ0n) is 14.2. The molecule has 0 atom stereocenters. The van der Waals surface area contributed by atoms with Gasteiger partial charge in [0.2, 0.25) is 0 Å². The molecule has 0 radical (unpaired) electrons. The average molecular weight is 374 g/mol. The van der Waals surface area contributed by atoms with Crippen LogP contribution in [0.4, 0.5) is 13.2 Å². The molecule has 1 aliphatic carbocycles. The average Bonchev–Trinajstić information content (AvgIpc) is 2.60. The molecule has 144 valence electrons. The SMILES string of the molecule is COc1cnc(C(N)=O)cc1/C=C/C1CCC(C(F)(F)F)CC1.O=CO. The third-order valence-corrected chi connectivity index (χ3v) is 4.15. The summed E-state index contributed by atoms with van der Waals surface area (Å²) < 4.78 is 43.1. The zero-order chi connectivity index (χ0) is 19.7. The normalized spacial score (nSPS) is 20.2. The first kappa shape index (κ1) is 21.5. The number of rotatable bonds is 4. The molecule has 6 nitrogen and oxygen atoms in total. The van der Waals surface area contributed by atoms with E-state index < -0.39 is 18.0 Å². The smallest absolute Gasteiger partial charge is 0.391 e. The fraction of sp³-hybridized carbons (Fsp3) is 0.471. The van der Waals surface area contributed by atoms with Crippen LogP contribution in [0.5, 0.6) is 5.75 Å². The summed E-state index contributed by atoms with van der Waals surface area (Å²) in [5.74, 6) is -1.27. The van der Waals surface area contributed by atoms with Gasteiger partial charge in [-0.1, -0.05) is 12.2 Å². The molecule has 0 aromatic carbocycles. The Morgan fingerprint density at radius 2 is 1.92 bits per heavy atom. The molecule has 1 aliphatic rings. The maximum absolute atomic E-state index is 12.7. The fourth-order valence-electron chi connectivity index (χ4n) is 2.77. The number of carboxylic acid groups (broad SMARTS) is 1. The molecular weight excluding hydrogens is 353 g/mol. The van der Waals surface area contributed by atoms with Crippen LogP contribution >= 0.6 is 0 Å². The topological polar surface area (TPSA) is 103 Å². The molecule has 1 amide bonds. The fourth-order valence-corrected chi connectivity index (χ4v) is 2.77. The summed E-state index contributed by atoms with van der Waals surface area (Å²) in [4.78, 5) is 23.4. The number of amides is 1. The monoisotopic (exact) mass is 374 g/mol. The van der Waals surface area contributed by atoms with Crippen LogP contribution in [0.25, 0.3) is 6.08 Å². The Labute approximate surface area is 148 Å². The second-order valence-corrected chi connectivity index (χ2v) is 5.79. The number of halogens is 3. The minimum atomic E-state index is -4.10. The van der Waals surface area contributed by atoms with Crippen LogP contribution in [-0.4, -0.2) is 35.8 Å². The van der Waals surface area contributed by atoms with E-state index in [1.54, 1.807) is 6.08 Å². The Morgan fingerprint density at radius 1 is 1.35 bits per heavy atom. The molecule has 0 spiro atoms. The predicted molar refractivity (Wildman–Crippen MR) is 88.5 cm³/mol. The van der Waals surface area contributed by atoms with E-state index in [2.05, 4.69) is 4.98 Å². The summed E-state index contributed by atoms with van der Waals surface area (Å²) in [5.41, 5.74) is 5.95. The van der Waals surface area contributed by atoms with Crippen molar-refractivity contribution in [3.8, 4) is 5.75 Å². The number of primary amides is 1. The largest absolute Gasteiger partial charge is 0.495 e. The number of methoxy groups -OCH3 is 1. The van der Waals surface area contributed by atoms with Gasteiger partial charge >= 0.3 is 6.18 Å². The molecule has 1 heterocycles. The van der Waals surface area contributed by atoms with Crippen molar-refractivity contribution < 1.29 is 32.6 Å². The zero-order valence-corrected chi connectivity index (χ0v) is 14.2. The van der Waals surface area contributed by atoms with Crippen molar-refractivity contribution in [2.75, 3.05) is 7.11 Å². The van der Waals surface area contributed by atoms with Gasteiger partial charge in [-0.3, -0.25) is 9.59 Å². The lowest BCUT2D eigenvalue weighted by molar-refractivity contribution is -0.183. The first-order valence-electron chi connectivity index (χ1n) is 7.89. The van der Waals surface area contributed by atoms with E-state index in [-0.39, 0.29) is 30.9 Å². The number of carbonyl (C=O) groups excluding carboxylic acids is 1. The van der Waals surface area contributed by atoms with Crippen molar-refractivity contribution in [2.24, 2.45) is 17.6 Å². The lowest BCUT2D eigenvalue weighted by Crippen LogP contribution is -2.27. The quantitative estimate of drug-likeness (QED) is 0.788. The summed E-state index contributed by atoms with van der Waals surface area (Å²) in [6.45, 7) is -0.250. The van der Waals surface area contributed by atoms with Gasteiger partial charge in [-0.25, -0.2) is 4.98 Å². The van der Waals surface area contributed by atoms with Crippen LogP contribution in [0.1, 0.15) is 41.7 Å². The van der Waals surface area contributed by atoms with Crippen LogP contribution in [0.2, 0.25) is 0 Å². The number of allylic oxidation sites excluding steroid dienone is 1. The number of pyridine rings is 1. The maximum Gasteiger partial charge on any atom is 0.391 e. The van der Waals surface area contributed by atoms with Gasteiger partial charge in [0, 0.05) is 5.56 Å². The van der Waals surface area contributed by atoms with Crippen LogP contribution in [0, 0.1) is 11.8 Å². The van der Waals surface area contributed by atoms with E-state index in [1.807, 2.05) is 6.08 Å². The molecule has 0 aliphatic heterocycles. The molecule has 0 unspecified atom stereocenters. The lowest BCUT2D eigenvalue weighted by atomic mass is 9.81. The highest BCUT2D eigenvalue weighted by Crippen LogP contribution is 2.40. The van der Waals surface area contributed by atoms with Gasteiger partial charge in [0.05, 0.1) is 19.2 Å². The molecule has 2 rings (SSSR count). The minimum Gasteiger partial charge on any atom is -0.495 e. The molecular formula is C17H21F3N2O4. The Hall–Kier alpha value is -2.58. The molecule has 1 fully saturated rings. The molecule has 3 N–H and O–H groups in total. The van der Waals surface area contributed by atoms with Crippen molar-refractivity contribution in [3.63, 3.8) is 0 Å². The van der Waals surface area contributed by atoms with E-state index in [0.717, 1.165) is 0 Å². The summed E-state index contributed by atoms with van der Waals surface area (Å²) in [5, 5.41) is 6.89. The standard InChI is InChI=1S/C16H19F3N2O2.CH2O2/c1-23-14-9-21-13(15(20)22)8-11(14)5-2-10-3-6-12(7-4-10)16(17,18)19;2-1-3/h2,5,8-10,12H,3-4,6-7H2,1H3,(H2,20,22);1H,(H,2,3)/b5-2+;. The Morgan fingerprint density at radius 3 is 2.38 bits per heavy atom. The van der Waals surface area contributed by atoms with E-state index in [0.29, 0.717) is 24.2 Å². The van der Waals surface area contributed by atoms with E-state index in [9.17, 15) is 18.0 Å². The van der Waals surface area contributed by atoms with Crippen molar-refractivity contribution in [1.29, 1.82) is 0 Å². The maximum atomic E-state index is 12.7. The van der Waals surface area contributed by atoms with Crippen molar-refractivity contribution >= 4 is 18.5 Å². The van der Waals surface area contributed by atoms with Gasteiger partial charge < -0.3 is 15.6 Å². The second-order valence-electron chi connectivity index (χ2n) is 5.79. The first-order chi connectivity index (χ1) is 12.2. The van der Waals surface area contributed by atoms with Crippen molar-refractivity contribution in [3.05, 3.63) is 29.6 Å². The predicted octanol–water partition coefficient (Wildman–Crippen LogP) is 3.27. The number of aromatic nitrogens is 1. The van der Waals surface area contributed by atoms with Crippen LogP contribution in [-0.2, 0) is 4.79 Å². The number of carbonyl (C=O) groups is 2. The van der Waals surface area contributed by atoms with E-state index in [4.69, 9.17) is 20.4 Å². The van der Waals surface area contributed by atoms with Gasteiger partial charge in [0.1, 0.15) is 11.4 Å². The first-order valence-corrected chi connectivity index (χ1v) is 7.89. The Balaban J connectivity index is 0.00000105. The van der Waals surface area contributed by atoms with Crippen LogP contribution in [0.3, 0.4) is 0 Å². The minimum absolute atomic E-state index is 0.0866. The summed E-state index contributed by atoms with van der Waals surface area (Å²) >= 11 is 0. The third-order valence-electron chi connectivity index (χ3n) is 4.15. The van der Waals surface area contributed by atoms with Crippen LogP contribution in [0.15, 0.2) is 18.3 Å². The highest BCUT2D eigenvalue weighted by molar-refractivity contribution is 5.91.